The Bertz CT molecular complexity index is 1050. The number of hydrogen-bond acceptors (Lipinski definition) is 7. The fourth-order valence-electron chi connectivity index (χ4n) is 3.57. The number of carbonyl (C=O) groups is 3. The van der Waals surface area contributed by atoms with Crippen molar-refractivity contribution < 1.29 is 24.0 Å². The van der Waals surface area contributed by atoms with E-state index in [1.807, 2.05) is 4.90 Å². The van der Waals surface area contributed by atoms with Gasteiger partial charge in [-0.2, -0.15) is 0 Å². The average Bonchev–Trinajstić information content (AvgIpc) is 2.82. The van der Waals surface area contributed by atoms with E-state index in [-0.39, 0.29) is 17.2 Å². The van der Waals surface area contributed by atoms with Gasteiger partial charge in [-0.15, -0.1) is 0 Å². The molecule has 1 saturated heterocycles. The molecule has 2 N–H and O–H groups in total. The quantitative estimate of drug-likeness (QED) is 0.373. The molecule has 0 saturated carbocycles. The van der Waals surface area contributed by atoms with Crippen molar-refractivity contribution in [3.63, 3.8) is 0 Å². The van der Waals surface area contributed by atoms with E-state index in [2.05, 4.69) is 17.6 Å². The van der Waals surface area contributed by atoms with Gasteiger partial charge in [-0.25, -0.2) is 4.79 Å². The predicted octanol–water partition coefficient (Wildman–Crippen LogP) is 2.99. The van der Waals surface area contributed by atoms with Crippen molar-refractivity contribution in [3.8, 4) is 0 Å². The number of amides is 2. The molecule has 0 unspecified atom stereocenters. The monoisotopic (exact) mass is 454 g/mol. The number of hydrogen-bond donors (Lipinski definition) is 2. The number of benzene rings is 2. The lowest BCUT2D eigenvalue weighted by Gasteiger charge is -2.31. The van der Waals surface area contributed by atoms with Crippen LogP contribution in [0.15, 0.2) is 42.5 Å². The zero-order valence-corrected chi connectivity index (χ0v) is 18.5. The van der Waals surface area contributed by atoms with E-state index in [0.29, 0.717) is 22.9 Å². The van der Waals surface area contributed by atoms with Gasteiger partial charge in [0.25, 0.3) is 17.5 Å². The molecule has 10 nitrogen and oxygen atoms in total. The summed E-state index contributed by atoms with van der Waals surface area (Å²) in [4.78, 5) is 49.1. The number of nitro benzene ring substituents is 1. The molecule has 1 heterocycles. The Morgan fingerprint density at radius 2 is 1.73 bits per heavy atom. The second-order valence-electron chi connectivity index (χ2n) is 7.91. The molecule has 2 aromatic carbocycles. The van der Waals surface area contributed by atoms with E-state index in [1.54, 1.807) is 30.3 Å². The van der Waals surface area contributed by atoms with Crippen LogP contribution in [0, 0.1) is 16.0 Å². The molecule has 1 aliphatic rings. The lowest BCUT2D eigenvalue weighted by molar-refractivity contribution is -0.384. The summed E-state index contributed by atoms with van der Waals surface area (Å²) in [6.45, 7) is 3.03. The SMILES string of the molecule is CNC(=O)c1ccc(NC(=O)COC(=O)c2ccc(N3CCC(C)CC3)c([N+](=O)[O-])c2)cc1. The molecular weight excluding hydrogens is 428 g/mol. The number of anilines is 2. The Labute approximate surface area is 191 Å². The van der Waals surface area contributed by atoms with Gasteiger partial charge in [-0.3, -0.25) is 19.7 Å². The fraction of sp³-hybridized carbons (Fsp3) is 0.348. The summed E-state index contributed by atoms with van der Waals surface area (Å²) in [5, 5.41) is 16.6. The Hall–Kier alpha value is -3.95. The van der Waals surface area contributed by atoms with Crippen molar-refractivity contribution >= 4 is 34.8 Å². The Kier molecular flexibility index (Phi) is 7.60. The third-order valence-electron chi connectivity index (χ3n) is 5.52. The highest BCUT2D eigenvalue weighted by Gasteiger charge is 2.25. The molecule has 0 spiro atoms. The molecule has 0 atom stereocenters. The second kappa shape index (κ2) is 10.6. The molecule has 0 aromatic heterocycles. The first kappa shape index (κ1) is 23.7. The fourth-order valence-corrected chi connectivity index (χ4v) is 3.57. The number of ether oxygens (including phenoxy) is 1. The minimum absolute atomic E-state index is 0.00133. The number of esters is 1. The molecule has 2 aromatic rings. The first-order valence-corrected chi connectivity index (χ1v) is 10.6. The van der Waals surface area contributed by atoms with Crippen LogP contribution in [0.25, 0.3) is 0 Å². The van der Waals surface area contributed by atoms with E-state index in [4.69, 9.17) is 4.74 Å². The van der Waals surface area contributed by atoms with Gasteiger partial charge >= 0.3 is 5.97 Å². The van der Waals surface area contributed by atoms with Crippen molar-refractivity contribution in [2.24, 2.45) is 5.92 Å². The van der Waals surface area contributed by atoms with Crippen molar-refractivity contribution in [1.82, 2.24) is 5.32 Å². The highest BCUT2D eigenvalue weighted by atomic mass is 16.6. The van der Waals surface area contributed by atoms with Crippen LogP contribution in [0.3, 0.4) is 0 Å². The predicted molar refractivity (Wildman–Crippen MR) is 122 cm³/mol. The van der Waals surface area contributed by atoms with Crippen LogP contribution in [0.2, 0.25) is 0 Å². The molecule has 1 fully saturated rings. The summed E-state index contributed by atoms with van der Waals surface area (Å²) in [5.74, 6) is -1.09. The second-order valence-corrected chi connectivity index (χ2v) is 7.91. The third kappa shape index (κ3) is 6.06. The number of carbonyl (C=O) groups excluding carboxylic acids is 3. The standard InChI is InChI=1S/C23H26N4O6/c1-15-9-11-26(12-10-15)19-8-5-17(13-20(19)27(31)32)23(30)33-14-21(28)25-18-6-3-16(4-7-18)22(29)24-2/h3-8,13,15H,9-12,14H2,1-2H3,(H,24,29)(H,25,28). The molecule has 0 aliphatic carbocycles. The molecule has 2 amide bonds. The van der Waals surface area contributed by atoms with E-state index in [1.165, 1.54) is 19.2 Å². The van der Waals surface area contributed by atoms with Crippen LogP contribution in [0.4, 0.5) is 17.1 Å². The minimum atomic E-state index is -0.831. The average molecular weight is 454 g/mol. The number of nitro groups is 1. The van der Waals surface area contributed by atoms with E-state index in [9.17, 15) is 24.5 Å². The molecule has 3 rings (SSSR count). The normalized spacial score (nSPS) is 13.8. The summed E-state index contributed by atoms with van der Waals surface area (Å²) in [7, 11) is 1.52. The van der Waals surface area contributed by atoms with Crippen LogP contribution in [0.1, 0.15) is 40.5 Å². The molecule has 10 heteroatoms. The Morgan fingerprint density at radius 1 is 1.09 bits per heavy atom. The summed E-state index contributed by atoms with van der Waals surface area (Å²) >= 11 is 0. The number of piperidine rings is 1. The Balaban J connectivity index is 1.60. The van der Waals surface area contributed by atoms with Gasteiger partial charge in [-0.05, 0) is 55.2 Å². The smallest absolute Gasteiger partial charge is 0.338 e. The first-order chi connectivity index (χ1) is 15.8. The van der Waals surface area contributed by atoms with Crippen molar-refractivity contribution in [1.29, 1.82) is 0 Å². The highest BCUT2D eigenvalue weighted by Crippen LogP contribution is 2.32. The summed E-state index contributed by atoms with van der Waals surface area (Å²) in [6.07, 6.45) is 1.90. The zero-order valence-electron chi connectivity index (χ0n) is 18.5. The van der Waals surface area contributed by atoms with Crippen molar-refractivity contribution in [2.75, 3.05) is 37.0 Å². The Morgan fingerprint density at radius 3 is 2.33 bits per heavy atom. The van der Waals surface area contributed by atoms with Gasteiger partial charge in [0.2, 0.25) is 0 Å². The van der Waals surface area contributed by atoms with Crippen LogP contribution in [-0.2, 0) is 9.53 Å². The molecule has 0 radical (unpaired) electrons. The topological polar surface area (TPSA) is 131 Å². The van der Waals surface area contributed by atoms with Crippen LogP contribution in [-0.4, -0.2) is 49.5 Å². The van der Waals surface area contributed by atoms with E-state index >= 15 is 0 Å². The number of nitrogens with zero attached hydrogens (tertiary/aromatic N) is 2. The van der Waals surface area contributed by atoms with Gasteiger partial charge in [0.15, 0.2) is 6.61 Å². The molecule has 1 aliphatic heterocycles. The molecule has 0 bridgehead atoms. The third-order valence-corrected chi connectivity index (χ3v) is 5.52. The van der Waals surface area contributed by atoms with Crippen LogP contribution in [0.5, 0.6) is 0 Å². The molecule has 33 heavy (non-hydrogen) atoms. The first-order valence-electron chi connectivity index (χ1n) is 10.6. The maximum atomic E-state index is 12.4. The number of nitrogens with one attached hydrogen (secondary N) is 2. The summed E-state index contributed by atoms with van der Waals surface area (Å²) in [5.41, 5.74) is 1.17. The summed E-state index contributed by atoms with van der Waals surface area (Å²) < 4.78 is 5.02. The van der Waals surface area contributed by atoms with Gasteiger partial charge in [0.1, 0.15) is 5.69 Å². The van der Waals surface area contributed by atoms with Crippen LogP contribution < -0.4 is 15.5 Å². The number of rotatable bonds is 7. The highest BCUT2D eigenvalue weighted by molar-refractivity contribution is 5.97. The van der Waals surface area contributed by atoms with Gasteiger partial charge < -0.3 is 20.3 Å². The van der Waals surface area contributed by atoms with Crippen molar-refractivity contribution in [2.45, 2.75) is 19.8 Å². The lowest BCUT2D eigenvalue weighted by Crippen LogP contribution is -2.33. The molecule has 174 valence electrons. The zero-order chi connectivity index (χ0) is 24.0. The maximum absolute atomic E-state index is 12.4. The summed E-state index contributed by atoms with van der Waals surface area (Å²) in [6, 6.07) is 10.4. The molecular formula is C23H26N4O6. The van der Waals surface area contributed by atoms with Crippen LogP contribution >= 0.6 is 0 Å². The minimum Gasteiger partial charge on any atom is -0.452 e. The maximum Gasteiger partial charge on any atom is 0.338 e. The van der Waals surface area contributed by atoms with Gasteiger partial charge in [-0.1, -0.05) is 6.92 Å². The largest absolute Gasteiger partial charge is 0.452 e. The van der Waals surface area contributed by atoms with Gasteiger partial charge in [0, 0.05) is 37.5 Å². The lowest BCUT2D eigenvalue weighted by atomic mass is 9.98. The van der Waals surface area contributed by atoms with Gasteiger partial charge in [0.05, 0.1) is 10.5 Å². The van der Waals surface area contributed by atoms with E-state index in [0.717, 1.165) is 25.9 Å². The van der Waals surface area contributed by atoms with E-state index < -0.39 is 23.4 Å². The van der Waals surface area contributed by atoms with Crippen molar-refractivity contribution in [3.05, 3.63) is 63.7 Å².